The number of hydrogen-bond donors (Lipinski definition) is 2. The maximum atomic E-state index is 6.54. The fourth-order valence-electron chi connectivity index (χ4n) is 3.79. The lowest BCUT2D eigenvalue weighted by Crippen LogP contribution is -2.37. The van der Waals surface area contributed by atoms with Gasteiger partial charge in [0, 0.05) is 18.9 Å². The number of hydrogen-bond acceptors (Lipinski definition) is 5. The molecular formula is C25H30N4O. The van der Waals surface area contributed by atoms with Gasteiger partial charge in [0.25, 0.3) is 0 Å². The number of nitrogens with two attached hydrogens (primary N) is 2. The largest absolute Gasteiger partial charge is 0.457 e. The molecule has 4 N–H and O–H groups in total. The van der Waals surface area contributed by atoms with Crippen molar-refractivity contribution < 1.29 is 4.74 Å². The summed E-state index contributed by atoms with van der Waals surface area (Å²) in [5, 5.41) is 0. The van der Waals surface area contributed by atoms with E-state index in [9.17, 15) is 0 Å². The number of amidine groups is 1. The van der Waals surface area contributed by atoms with Crippen LogP contribution in [0.2, 0.25) is 0 Å². The summed E-state index contributed by atoms with van der Waals surface area (Å²) in [5.74, 6) is 3.22. The minimum absolute atomic E-state index is 0.458. The minimum Gasteiger partial charge on any atom is -0.457 e. The van der Waals surface area contributed by atoms with Crippen LogP contribution < -0.4 is 16.2 Å². The van der Waals surface area contributed by atoms with Crippen molar-refractivity contribution in [3.63, 3.8) is 0 Å². The Morgan fingerprint density at radius 3 is 2.57 bits per heavy atom. The molecule has 4 rings (SSSR count). The van der Waals surface area contributed by atoms with Gasteiger partial charge in [-0.05, 0) is 72.2 Å². The predicted molar refractivity (Wildman–Crippen MR) is 123 cm³/mol. The van der Waals surface area contributed by atoms with Gasteiger partial charge in [-0.25, -0.2) is 4.99 Å². The SMILES string of the molecule is CC(C)c1cccc(Oc2ccc(/C(N)=C3\C(N)=NC=CN3CC3CCC3)cc2)c1. The molecule has 2 aliphatic rings. The lowest BCUT2D eigenvalue weighted by Gasteiger charge is -2.34. The predicted octanol–water partition coefficient (Wildman–Crippen LogP) is 5.17. The zero-order valence-electron chi connectivity index (χ0n) is 17.7. The van der Waals surface area contributed by atoms with E-state index in [2.05, 4.69) is 35.9 Å². The van der Waals surface area contributed by atoms with Crippen LogP contribution in [0.1, 0.15) is 50.2 Å². The lowest BCUT2D eigenvalue weighted by atomic mass is 9.85. The topological polar surface area (TPSA) is 76.9 Å². The van der Waals surface area contributed by atoms with Crippen molar-refractivity contribution in [3.05, 3.63) is 77.8 Å². The highest BCUT2D eigenvalue weighted by Crippen LogP contribution is 2.31. The van der Waals surface area contributed by atoms with Gasteiger partial charge in [0.15, 0.2) is 0 Å². The van der Waals surface area contributed by atoms with Crippen molar-refractivity contribution in [2.24, 2.45) is 22.4 Å². The molecule has 1 aliphatic heterocycles. The molecule has 2 aromatic carbocycles. The molecule has 0 atom stereocenters. The molecule has 1 aliphatic carbocycles. The normalized spacial score (nSPS) is 18.2. The zero-order valence-corrected chi connectivity index (χ0v) is 17.7. The molecule has 156 valence electrons. The van der Waals surface area contributed by atoms with E-state index in [1.807, 2.05) is 42.6 Å². The molecule has 30 heavy (non-hydrogen) atoms. The van der Waals surface area contributed by atoms with E-state index >= 15 is 0 Å². The molecule has 1 saturated carbocycles. The van der Waals surface area contributed by atoms with E-state index in [1.54, 1.807) is 6.20 Å². The number of benzene rings is 2. The summed E-state index contributed by atoms with van der Waals surface area (Å²) in [7, 11) is 0. The average molecular weight is 403 g/mol. The first kappa shape index (κ1) is 20.1. The summed E-state index contributed by atoms with van der Waals surface area (Å²) in [5.41, 5.74) is 16.3. The quantitative estimate of drug-likeness (QED) is 0.698. The Morgan fingerprint density at radius 1 is 1.13 bits per heavy atom. The molecule has 1 fully saturated rings. The number of rotatable bonds is 6. The van der Waals surface area contributed by atoms with Crippen LogP contribution in [0.25, 0.3) is 5.70 Å². The van der Waals surface area contributed by atoms with Gasteiger partial charge in [-0.3, -0.25) is 0 Å². The third kappa shape index (κ3) is 4.35. The summed E-state index contributed by atoms with van der Waals surface area (Å²) in [6.07, 6.45) is 7.54. The second kappa shape index (κ2) is 8.66. The Labute approximate surface area is 178 Å². The third-order valence-electron chi connectivity index (χ3n) is 5.85. The van der Waals surface area contributed by atoms with Crippen molar-refractivity contribution in [1.82, 2.24) is 4.90 Å². The summed E-state index contributed by atoms with van der Waals surface area (Å²) in [4.78, 5) is 6.41. The van der Waals surface area contributed by atoms with E-state index in [0.29, 0.717) is 23.4 Å². The van der Waals surface area contributed by atoms with Gasteiger partial charge in [0.2, 0.25) is 0 Å². The van der Waals surface area contributed by atoms with Crippen LogP contribution in [-0.2, 0) is 0 Å². The number of nitrogens with zero attached hydrogens (tertiary/aromatic N) is 2. The first-order valence-corrected chi connectivity index (χ1v) is 10.7. The molecule has 2 aromatic rings. The molecule has 5 heteroatoms. The highest BCUT2D eigenvalue weighted by atomic mass is 16.5. The molecule has 0 amide bonds. The molecule has 0 aromatic heterocycles. The molecule has 0 bridgehead atoms. The lowest BCUT2D eigenvalue weighted by molar-refractivity contribution is 0.253. The van der Waals surface area contributed by atoms with Gasteiger partial charge in [-0.15, -0.1) is 0 Å². The third-order valence-corrected chi connectivity index (χ3v) is 5.85. The van der Waals surface area contributed by atoms with Crippen molar-refractivity contribution in [1.29, 1.82) is 0 Å². The Hall–Kier alpha value is -3.21. The van der Waals surface area contributed by atoms with Crippen LogP contribution in [0.15, 0.2) is 71.6 Å². The fraction of sp³-hybridized carbons (Fsp3) is 0.320. The first-order chi connectivity index (χ1) is 14.5. The van der Waals surface area contributed by atoms with Crippen molar-refractivity contribution in [3.8, 4) is 11.5 Å². The summed E-state index contributed by atoms with van der Waals surface area (Å²) in [6.45, 7) is 5.28. The van der Waals surface area contributed by atoms with Gasteiger partial charge < -0.3 is 21.1 Å². The summed E-state index contributed by atoms with van der Waals surface area (Å²) < 4.78 is 6.04. The Morgan fingerprint density at radius 2 is 1.90 bits per heavy atom. The smallest absolute Gasteiger partial charge is 0.149 e. The number of ether oxygens (including phenoxy) is 1. The van der Waals surface area contributed by atoms with E-state index in [0.717, 1.165) is 29.3 Å². The van der Waals surface area contributed by atoms with Crippen molar-refractivity contribution in [2.45, 2.75) is 39.0 Å². The van der Waals surface area contributed by atoms with Gasteiger partial charge in [-0.2, -0.15) is 0 Å². The molecule has 0 unspecified atom stereocenters. The maximum absolute atomic E-state index is 6.54. The molecule has 0 saturated heterocycles. The second-order valence-corrected chi connectivity index (χ2v) is 8.38. The van der Waals surface area contributed by atoms with Crippen LogP contribution in [0.4, 0.5) is 0 Å². The average Bonchev–Trinajstić information content (AvgIpc) is 2.71. The van der Waals surface area contributed by atoms with Gasteiger partial charge in [0.05, 0.1) is 5.70 Å². The van der Waals surface area contributed by atoms with Crippen molar-refractivity contribution >= 4 is 11.5 Å². The molecule has 0 radical (unpaired) electrons. The minimum atomic E-state index is 0.458. The molecular weight excluding hydrogens is 372 g/mol. The molecule has 0 spiro atoms. The Kier molecular flexibility index (Phi) is 5.79. The van der Waals surface area contributed by atoms with E-state index in [4.69, 9.17) is 16.2 Å². The molecule has 5 nitrogen and oxygen atoms in total. The maximum Gasteiger partial charge on any atom is 0.149 e. The van der Waals surface area contributed by atoms with Crippen molar-refractivity contribution in [2.75, 3.05) is 6.54 Å². The highest BCUT2D eigenvalue weighted by Gasteiger charge is 2.25. The van der Waals surface area contributed by atoms with Crippen LogP contribution in [0, 0.1) is 5.92 Å². The van der Waals surface area contributed by atoms with E-state index < -0.39 is 0 Å². The zero-order chi connectivity index (χ0) is 21.1. The Balaban J connectivity index is 1.54. The standard InChI is InChI=1S/C25H30N4O/c1-17(2)20-7-4-8-22(15-20)30-21-11-9-19(10-12-21)23(26)24-25(27)28-13-14-29(24)16-18-5-3-6-18/h4,7-15,17-18H,3,5-6,16,26H2,1-2H3,(H2,27,28)/b24-23-. The highest BCUT2D eigenvalue weighted by molar-refractivity contribution is 6.03. The van der Waals surface area contributed by atoms with Gasteiger partial charge in [-0.1, -0.05) is 32.4 Å². The van der Waals surface area contributed by atoms with E-state index in [-0.39, 0.29) is 0 Å². The van der Waals surface area contributed by atoms with Crippen LogP contribution in [0.3, 0.4) is 0 Å². The molecule has 1 heterocycles. The van der Waals surface area contributed by atoms with Crippen LogP contribution >= 0.6 is 0 Å². The van der Waals surface area contributed by atoms with Gasteiger partial charge >= 0.3 is 0 Å². The summed E-state index contributed by atoms with van der Waals surface area (Å²) in [6, 6.07) is 16.0. The van der Waals surface area contributed by atoms with E-state index in [1.165, 1.54) is 24.8 Å². The Bertz CT molecular complexity index is 984. The second-order valence-electron chi connectivity index (χ2n) is 8.38. The van der Waals surface area contributed by atoms with Gasteiger partial charge in [0.1, 0.15) is 23.0 Å². The summed E-state index contributed by atoms with van der Waals surface area (Å²) >= 11 is 0. The monoisotopic (exact) mass is 402 g/mol. The number of aliphatic imine (C=N–C) groups is 1. The van der Waals surface area contributed by atoms with Crippen LogP contribution in [-0.4, -0.2) is 17.3 Å². The first-order valence-electron chi connectivity index (χ1n) is 10.7. The fourth-order valence-corrected chi connectivity index (χ4v) is 3.79. The van der Waals surface area contributed by atoms with Crippen LogP contribution in [0.5, 0.6) is 11.5 Å².